The van der Waals surface area contributed by atoms with Gasteiger partial charge in [-0.05, 0) is 44.7 Å². The van der Waals surface area contributed by atoms with E-state index < -0.39 is 0 Å². The molecule has 136 valence electrons. The van der Waals surface area contributed by atoms with Crippen LogP contribution in [0.3, 0.4) is 0 Å². The monoisotopic (exact) mass is 326 g/mol. The normalized spacial score (nSPS) is 17.7. The first-order chi connectivity index (χ1) is 11.2. The quantitative estimate of drug-likeness (QED) is 0.478. The maximum atomic E-state index is 5.16. The van der Waals surface area contributed by atoms with E-state index in [-0.39, 0.29) is 0 Å². The molecule has 0 amide bonds. The number of rotatable bonds is 10. The second kappa shape index (κ2) is 12.6. The first-order valence-electron chi connectivity index (χ1n) is 9.46. The van der Waals surface area contributed by atoms with Crippen molar-refractivity contribution in [2.75, 3.05) is 53.0 Å². The first kappa shape index (κ1) is 20.2. The Balaban J connectivity index is 2.31. The third-order valence-corrected chi connectivity index (χ3v) is 4.88. The van der Waals surface area contributed by atoms with Crippen LogP contribution in [0.5, 0.6) is 0 Å². The highest BCUT2D eigenvalue weighted by molar-refractivity contribution is 5.79. The van der Waals surface area contributed by atoms with Gasteiger partial charge in [0.1, 0.15) is 0 Å². The number of nitrogens with zero attached hydrogens (tertiary/aromatic N) is 2. The van der Waals surface area contributed by atoms with Crippen LogP contribution in [0.1, 0.15) is 46.5 Å². The molecule has 0 spiro atoms. The zero-order valence-corrected chi connectivity index (χ0v) is 15.7. The topological polar surface area (TPSA) is 48.9 Å². The zero-order chi connectivity index (χ0) is 16.9. The molecule has 2 N–H and O–H groups in total. The second-order valence-corrected chi connectivity index (χ2v) is 6.56. The molecule has 5 nitrogen and oxygen atoms in total. The molecular formula is C18H38N4O. The summed E-state index contributed by atoms with van der Waals surface area (Å²) in [5, 5.41) is 6.92. The minimum Gasteiger partial charge on any atom is -0.383 e. The van der Waals surface area contributed by atoms with E-state index in [1.165, 1.54) is 38.8 Å². The average molecular weight is 327 g/mol. The molecule has 0 radical (unpaired) electrons. The largest absolute Gasteiger partial charge is 0.383 e. The molecule has 0 bridgehead atoms. The van der Waals surface area contributed by atoms with Crippen molar-refractivity contribution in [1.29, 1.82) is 0 Å². The highest BCUT2D eigenvalue weighted by Crippen LogP contribution is 2.16. The Morgan fingerprint density at radius 1 is 1.17 bits per heavy atom. The van der Waals surface area contributed by atoms with Crippen molar-refractivity contribution in [2.24, 2.45) is 16.8 Å². The highest BCUT2D eigenvalue weighted by Gasteiger charge is 2.19. The van der Waals surface area contributed by atoms with Crippen LogP contribution in [0.4, 0.5) is 0 Å². The fourth-order valence-corrected chi connectivity index (χ4v) is 2.98. The van der Waals surface area contributed by atoms with Crippen molar-refractivity contribution < 1.29 is 4.74 Å². The van der Waals surface area contributed by atoms with E-state index in [0.29, 0.717) is 5.92 Å². The molecule has 0 unspecified atom stereocenters. The molecular weight excluding hydrogens is 288 g/mol. The molecule has 1 saturated heterocycles. The van der Waals surface area contributed by atoms with Crippen LogP contribution in [0, 0.1) is 11.8 Å². The van der Waals surface area contributed by atoms with Crippen LogP contribution in [0.15, 0.2) is 4.99 Å². The molecule has 1 rings (SSSR count). The molecule has 23 heavy (non-hydrogen) atoms. The lowest BCUT2D eigenvalue weighted by Gasteiger charge is -2.32. The molecule has 1 fully saturated rings. The van der Waals surface area contributed by atoms with E-state index in [2.05, 4.69) is 36.3 Å². The van der Waals surface area contributed by atoms with Gasteiger partial charge < -0.3 is 20.3 Å². The van der Waals surface area contributed by atoms with Gasteiger partial charge in [0.25, 0.3) is 0 Å². The Morgan fingerprint density at radius 2 is 1.87 bits per heavy atom. The summed E-state index contributed by atoms with van der Waals surface area (Å²) >= 11 is 0. The number of nitrogens with one attached hydrogen (secondary N) is 2. The van der Waals surface area contributed by atoms with E-state index in [1.54, 1.807) is 7.11 Å². The number of aliphatic imine (C=N–C) groups is 1. The van der Waals surface area contributed by atoms with E-state index in [0.717, 1.165) is 44.7 Å². The standard InChI is InChI=1S/C18H38N4O/c1-5-16(6-2)14-20-18(19-7-3)21-15-17-8-10-22(11-9-17)12-13-23-4/h16-17H,5-15H2,1-4H3,(H2,19,20,21). The van der Waals surface area contributed by atoms with Crippen LogP contribution < -0.4 is 10.6 Å². The minimum absolute atomic E-state index is 0.703. The summed E-state index contributed by atoms with van der Waals surface area (Å²) in [6.45, 7) is 13.8. The van der Waals surface area contributed by atoms with Crippen molar-refractivity contribution in [3.05, 3.63) is 0 Å². The van der Waals surface area contributed by atoms with Gasteiger partial charge in [0, 0.05) is 33.3 Å². The van der Waals surface area contributed by atoms with Crippen LogP contribution in [0.25, 0.3) is 0 Å². The third kappa shape index (κ3) is 8.56. The number of hydrogen-bond donors (Lipinski definition) is 2. The summed E-state index contributed by atoms with van der Waals surface area (Å²) < 4.78 is 5.16. The fourth-order valence-electron chi connectivity index (χ4n) is 2.98. The number of guanidine groups is 1. The van der Waals surface area contributed by atoms with Gasteiger partial charge >= 0.3 is 0 Å². The van der Waals surface area contributed by atoms with E-state index in [9.17, 15) is 0 Å². The maximum Gasteiger partial charge on any atom is 0.191 e. The van der Waals surface area contributed by atoms with Gasteiger partial charge in [-0.1, -0.05) is 26.7 Å². The van der Waals surface area contributed by atoms with Crippen LogP contribution in [0.2, 0.25) is 0 Å². The van der Waals surface area contributed by atoms with Gasteiger partial charge in [0.05, 0.1) is 6.61 Å². The lowest BCUT2D eigenvalue weighted by atomic mass is 9.97. The zero-order valence-electron chi connectivity index (χ0n) is 15.7. The summed E-state index contributed by atoms with van der Waals surface area (Å²) in [4.78, 5) is 7.27. The van der Waals surface area contributed by atoms with Crippen molar-refractivity contribution >= 4 is 5.96 Å². The molecule has 0 aromatic rings. The summed E-state index contributed by atoms with van der Waals surface area (Å²) in [6, 6.07) is 0. The summed E-state index contributed by atoms with van der Waals surface area (Å²) in [6.07, 6.45) is 4.95. The molecule has 0 aliphatic carbocycles. The Hall–Kier alpha value is -0.810. The van der Waals surface area contributed by atoms with E-state index in [1.807, 2.05) is 0 Å². The Morgan fingerprint density at radius 3 is 2.43 bits per heavy atom. The van der Waals surface area contributed by atoms with Gasteiger partial charge in [0.2, 0.25) is 0 Å². The molecule has 0 aromatic heterocycles. The first-order valence-corrected chi connectivity index (χ1v) is 9.46. The number of ether oxygens (including phenoxy) is 1. The van der Waals surface area contributed by atoms with E-state index >= 15 is 0 Å². The van der Waals surface area contributed by atoms with E-state index in [4.69, 9.17) is 9.73 Å². The number of likely N-dealkylation sites (tertiary alicyclic amines) is 1. The van der Waals surface area contributed by atoms with Crippen LogP contribution in [-0.2, 0) is 4.74 Å². The molecule has 1 heterocycles. The summed E-state index contributed by atoms with van der Waals surface area (Å²) in [7, 11) is 1.78. The SMILES string of the molecule is CCNC(=NCC(CC)CC)NCC1CCN(CCOC)CC1. The lowest BCUT2D eigenvalue weighted by Crippen LogP contribution is -2.43. The van der Waals surface area contributed by atoms with Crippen molar-refractivity contribution in [1.82, 2.24) is 15.5 Å². The summed E-state index contributed by atoms with van der Waals surface area (Å²) in [5.74, 6) is 2.45. The predicted molar refractivity (Wildman–Crippen MR) is 99.1 cm³/mol. The van der Waals surface area contributed by atoms with Crippen molar-refractivity contribution in [3.8, 4) is 0 Å². The molecule has 0 saturated carbocycles. The Kier molecular flexibility index (Phi) is 11.1. The molecule has 5 heteroatoms. The molecule has 1 aliphatic rings. The number of piperidine rings is 1. The number of hydrogen-bond acceptors (Lipinski definition) is 3. The molecule has 0 aromatic carbocycles. The van der Waals surface area contributed by atoms with Crippen molar-refractivity contribution in [3.63, 3.8) is 0 Å². The van der Waals surface area contributed by atoms with Gasteiger partial charge in [0.15, 0.2) is 5.96 Å². The van der Waals surface area contributed by atoms with Gasteiger partial charge in [-0.25, -0.2) is 0 Å². The third-order valence-electron chi connectivity index (χ3n) is 4.88. The predicted octanol–water partition coefficient (Wildman–Crippen LogP) is 2.34. The van der Waals surface area contributed by atoms with Gasteiger partial charge in [-0.15, -0.1) is 0 Å². The maximum absolute atomic E-state index is 5.16. The smallest absolute Gasteiger partial charge is 0.191 e. The summed E-state index contributed by atoms with van der Waals surface area (Å²) in [5.41, 5.74) is 0. The molecule has 1 aliphatic heterocycles. The van der Waals surface area contributed by atoms with Gasteiger partial charge in [-0.3, -0.25) is 4.99 Å². The van der Waals surface area contributed by atoms with Crippen LogP contribution >= 0.6 is 0 Å². The van der Waals surface area contributed by atoms with Crippen molar-refractivity contribution in [2.45, 2.75) is 46.5 Å². The Bertz CT molecular complexity index is 310. The van der Waals surface area contributed by atoms with Crippen LogP contribution in [-0.4, -0.2) is 63.8 Å². The fraction of sp³-hybridized carbons (Fsp3) is 0.944. The minimum atomic E-state index is 0.703. The second-order valence-electron chi connectivity index (χ2n) is 6.56. The lowest BCUT2D eigenvalue weighted by molar-refractivity contribution is 0.121. The Labute approximate surface area is 143 Å². The average Bonchev–Trinajstić information content (AvgIpc) is 2.59. The molecule has 0 atom stereocenters. The van der Waals surface area contributed by atoms with Gasteiger partial charge in [-0.2, -0.15) is 0 Å². The highest BCUT2D eigenvalue weighted by atomic mass is 16.5. The number of methoxy groups -OCH3 is 1.